The third-order valence-corrected chi connectivity index (χ3v) is 3.58. The second-order valence-corrected chi connectivity index (χ2v) is 5.10. The fraction of sp³-hybridized carbons (Fsp3) is 0.929. The van der Waals surface area contributed by atoms with Crippen LogP contribution in [0.1, 0.15) is 45.4 Å². The molecule has 1 rings (SSSR count). The van der Waals surface area contributed by atoms with Crippen LogP contribution in [0, 0.1) is 17.2 Å². The summed E-state index contributed by atoms with van der Waals surface area (Å²) in [7, 11) is 0. The molecule has 3 nitrogen and oxygen atoms in total. The lowest BCUT2D eigenvalue weighted by molar-refractivity contribution is 0.180. The van der Waals surface area contributed by atoms with Crippen LogP contribution >= 0.6 is 0 Å². The Morgan fingerprint density at radius 1 is 1.29 bits per heavy atom. The topological polar surface area (TPSA) is 39.1 Å². The summed E-state index contributed by atoms with van der Waals surface area (Å²) in [5, 5.41) is 12.0. The molecule has 1 N–H and O–H groups in total. The van der Waals surface area contributed by atoms with E-state index in [1.807, 2.05) is 0 Å². The first-order valence-corrected chi connectivity index (χ1v) is 7.16. The molecule has 0 aromatic heterocycles. The van der Waals surface area contributed by atoms with Crippen molar-refractivity contribution in [2.75, 3.05) is 32.7 Å². The van der Waals surface area contributed by atoms with Gasteiger partial charge in [0.25, 0.3) is 0 Å². The molecule has 0 aromatic rings. The van der Waals surface area contributed by atoms with Crippen LogP contribution < -0.4 is 5.32 Å². The minimum absolute atomic E-state index is 0.720. The normalized spacial score (nSPS) is 18.1. The minimum Gasteiger partial charge on any atom is -0.316 e. The van der Waals surface area contributed by atoms with Gasteiger partial charge in [-0.1, -0.05) is 6.92 Å². The molecular formula is C14H27N3. The highest BCUT2D eigenvalue weighted by Gasteiger charge is 2.17. The largest absolute Gasteiger partial charge is 0.316 e. The van der Waals surface area contributed by atoms with E-state index in [9.17, 15) is 0 Å². The van der Waals surface area contributed by atoms with Crippen molar-refractivity contribution in [2.45, 2.75) is 45.4 Å². The van der Waals surface area contributed by atoms with Crippen molar-refractivity contribution in [3.8, 4) is 6.07 Å². The molecule has 0 saturated carbocycles. The van der Waals surface area contributed by atoms with Gasteiger partial charge in [0.05, 0.1) is 6.07 Å². The van der Waals surface area contributed by atoms with Gasteiger partial charge in [-0.3, -0.25) is 0 Å². The molecule has 1 fully saturated rings. The van der Waals surface area contributed by atoms with E-state index in [2.05, 4.69) is 23.2 Å². The molecule has 3 heteroatoms. The van der Waals surface area contributed by atoms with Gasteiger partial charge < -0.3 is 10.2 Å². The molecule has 0 aliphatic carbocycles. The van der Waals surface area contributed by atoms with E-state index in [4.69, 9.17) is 5.26 Å². The van der Waals surface area contributed by atoms with Crippen molar-refractivity contribution in [1.82, 2.24) is 10.2 Å². The van der Waals surface area contributed by atoms with Gasteiger partial charge in [-0.15, -0.1) is 0 Å². The van der Waals surface area contributed by atoms with Gasteiger partial charge in [-0.2, -0.15) is 5.26 Å². The zero-order valence-electron chi connectivity index (χ0n) is 11.2. The highest BCUT2D eigenvalue weighted by Crippen LogP contribution is 2.16. The van der Waals surface area contributed by atoms with Crippen molar-refractivity contribution < 1.29 is 0 Å². The summed E-state index contributed by atoms with van der Waals surface area (Å²) in [6.45, 7) is 8.29. The molecule has 98 valence electrons. The summed E-state index contributed by atoms with van der Waals surface area (Å²) in [6.07, 6.45) is 6.89. The Balaban J connectivity index is 1.99. The minimum atomic E-state index is 0.720. The van der Waals surface area contributed by atoms with Crippen LogP contribution in [-0.4, -0.2) is 37.6 Å². The van der Waals surface area contributed by atoms with Crippen LogP contribution in [0.2, 0.25) is 0 Å². The Labute approximate surface area is 106 Å². The highest BCUT2D eigenvalue weighted by molar-refractivity contribution is 4.74. The number of nitriles is 1. The zero-order chi connectivity index (χ0) is 12.3. The van der Waals surface area contributed by atoms with Gasteiger partial charge in [0.15, 0.2) is 0 Å². The molecule has 1 heterocycles. The molecule has 0 atom stereocenters. The average Bonchev–Trinajstić information content (AvgIpc) is 2.37. The summed E-state index contributed by atoms with van der Waals surface area (Å²) in [5.74, 6) is 0.886. The molecule has 1 aliphatic rings. The van der Waals surface area contributed by atoms with E-state index in [-0.39, 0.29) is 0 Å². The second kappa shape index (κ2) is 9.44. The van der Waals surface area contributed by atoms with E-state index >= 15 is 0 Å². The monoisotopic (exact) mass is 237 g/mol. The van der Waals surface area contributed by atoms with E-state index < -0.39 is 0 Å². The number of piperidine rings is 1. The quantitative estimate of drug-likeness (QED) is 0.659. The number of hydrogen-bond donors (Lipinski definition) is 1. The third-order valence-electron chi connectivity index (χ3n) is 3.58. The summed E-state index contributed by atoms with van der Waals surface area (Å²) >= 11 is 0. The molecule has 0 spiro atoms. The van der Waals surface area contributed by atoms with Crippen molar-refractivity contribution >= 4 is 0 Å². The van der Waals surface area contributed by atoms with E-state index in [1.54, 1.807) is 0 Å². The van der Waals surface area contributed by atoms with E-state index in [1.165, 1.54) is 51.9 Å². The van der Waals surface area contributed by atoms with Gasteiger partial charge in [-0.25, -0.2) is 0 Å². The fourth-order valence-corrected chi connectivity index (χ4v) is 2.44. The molecule has 0 radical (unpaired) electrons. The fourth-order valence-electron chi connectivity index (χ4n) is 2.44. The Hall–Kier alpha value is -0.590. The number of nitrogens with one attached hydrogen (secondary N) is 1. The number of unbranched alkanes of at least 4 members (excludes halogenated alkanes) is 2. The molecule has 0 bridgehead atoms. The maximum atomic E-state index is 8.47. The lowest BCUT2D eigenvalue weighted by Gasteiger charge is -2.32. The van der Waals surface area contributed by atoms with Gasteiger partial charge in [0, 0.05) is 6.42 Å². The molecule has 0 unspecified atom stereocenters. The zero-order valence-corrected chi connectivity index (χ0v) is 11.2. The van der Waals surface area contributed by atoms with E-state index in [0.717, 1.165) is 25.3 Å². The van der Waals surface area contributed by atoms with Crippen LogP contribution in [-0.2, 0) is 0 Å². The highest BCUT2D eigenvalue weighted by atomic mass is 15.1. The average molecular weight is 237 g/mol. The number of likely N-dealkylation sites (tertiary alicyclic amines) is 1. The smallest absolute Gasteiger partial charge is 0.0621 e. The number of nitrogens with zero attached hydrogens (tertiary/aromatic N) is 2. The maximum absolute atomic E-state index is 8.47. The van der Waals surface area contributed by atoms with Crippen molar-refractivity contribution in [3.05, 3.63) is 0 Å². The van der Waals surface area contributed by atoms with Crippen LogP contribution in [0.5, 0.6) is 0 Å². The van der Waals surface area contributed by atoms with Crippen LogP contribution in [0.4, 0.5) is 0 Å². The molecule has 0 amide bonds. The van der Waals surface area contributed by atoms with Gasteiger partial charge >= 0.3 is 0 Å². The Bertz CT molecular complexity index is 214. The van der Waals surface area contributed by atoms with Gasteiger partial charge in [-0.05, 0) is 70.7 Å². The van der Waals surface area contributed by atoms with Crippen LogP contribution in [0.15, 0.2) is 0 Å². The summed E-state index contributed by atoms with van der Waals surface area (Å²) in [5.41, 5.74) is 0. The van der Waals surface area contributed by atoms with Crippen LogP contribution in [0.3, 0.4) is 0 Å². The molecule has 1 aliphatic heterocycles. The number of hydrogen-bond acceptors (Lipinski definition) is 3. The molecule has 17 heavy (non-hydrogen) atoms. The summed E-state index contributed by atoms with van der Waals surface area (Å²) < 4.78 is 0. The number of rotatable bonds is 8. The van der Waals surface area contributed by atoms with E-state index in [0.29, 0.717) is 0 Å². The predicted octanol–water partition coefficient (Wildman–Crippen LogP) is 2.39. The summed E-state index contributed by atoms with van der Waals surface area (Å²) in [4.78, 5) is 2.56. The summed E-state index contributed by atoms with van der Waals surface area (Å²) in [6, 6.07) is 2.21. The van der Waals surface area contributed by atoms with Crippen molar-refractivity contribution in [2.24, 2.45) is 5.92 Å². The standard InChI is InChI=1S/C14H27N3/c1-2-9-16-13-14-6-11-17(12-7-14)10-5-3-4-8-15/h14,16H,2-7,9-13H2,1H3. The predicted molar refractivity (Wildman–Crippen MR) is 71.8 cm³/mol. The first-order valence-electron chi connectivity index (χ1n) is 7.16. The Morgan fingerprint density at radius 3 is 2.71 bits per heavy atom. The van der Waals surface area contributed by atoms with Gasteiger partial charge in [0.1, 0.15) is 0 Å². The maximum Gasteiger partial charge on any atom is 0.0621 e. The lowest BCUT2D eigenvalue weighted by Crippen LogP contribution is -2.37. The SMILES string of the molecule is CCCNCC1CCN(CCCCC#N)CC1. The molecule has 0 aromatic carbocycles. The molecule has 1 saturated heterocycles. The van der Waals surface area contributed by atoms with Crippen molar-refractivity contribution in [3.63, 3.8) is 0 Å². The van der Waals surface area contributed by atoms with Gasteiger partial charge in [0.2, 0.25) is 0 Å². The third kappa shape index (κ3) is 6.65. The Morgan fingerprint density at radius 2 is 2.06 bits per heavy atom. The second-order valence-electron chi connectivity index (χ2n) is 5.10. The first kappa shape index (κ1) is 14.5. The first-order chi connectivity index (χ1) is 8.36. The lowest BCUT2D eigenvalue weighted by atomic mass is 9.96. The van der Waals surface area contributed by atoms with Crippen LogP contribution in [0.25, 0.3) is 0 Å². The van der Waals surface area contributed by atoms with Crippen molar-refractivity contribution in [1.29, 1.82) is 5.26 Å². The Kier molecular flexibility index (Phi) is 8.04. The molecular weight excluding hydrogens is 210 g/mol.